The Hall–Kier alpha value is -2.02. The van der Waals surface area contributed by atoms with Gasteiger partial charge in [0, 0.05) is 50.8 Å². The molecule has 1 unspecified atom stereocenters. The highest BCUT2D eigenvalue weighted by molar-refractivity contribution is 5.40. The lowest BCUT2D eigenvalue weighted by Crippen LogP contribution is -2.47. The summed E-state index contributed by atoms with van der Waals surface area (Å²) in [6.07, 6.45) is 0. The van der Waals surface area contributed by atoms with Gasteiger partial charge in [-0.15, -0.1) is 10.2 Å². The summed E-state index contributed by atoms with van der Waals surface area (Å²) >= 11 is 0. The SMILES string of the molecule is Cc1cc(N2CCN(C(C)c3nnc(C)o3)CC2)nc(C(C)C)n1. The van der Waals surface area contributed by atoms with Crippen LogP contribution in [0.25, 0.3) is 0 Å². The summed E-state index contributed by atoms with van der Waals surface area (Å²) in [7, 11) is 0. The number of anilines is 1. The van der Waals surface area contributed by atoms with Crippen molar-refractivity contribution in [3.63, 3.8) is 0 Å². The maximum absolute atomic E-state index is 5.57. The summed E-state index contributed by atoms with van der Waals surface area (Å²) in [5.74, 6) is 3.61. The lowest BCUT2D eigenvalue weighted by atomic mass is 10.2. The van der Waals surface area contributed by atoms with Crippen molar-refractivity contribution in [3.05, 3.63) is 29.4 Å². The lowest BCUT2D eigenvalue weighted by molar-refractivity contribution is 0.171. The van der Waals surface area contributed by atoms with E-state index >= 15 is 0 Å². The van der Waals surface area contributed by atoms with Gasteiger partial charge < -0.3 is 9.32 Å². The molecule has 0 aromatic carbocycles. The number of hydrogen-bond donors (Lipinski definition) is 0. The molecule has 2 aromatic rings. The number of aromatic nitrogens is 4. The molecular formula is C17H26N6O. The number of hydrogen-bond acceptors (Lipinski definition) is 7. The van der Waals surface area contributed by atoms with Crippen molar-refractivity contribution in [1.82, 2.24) is 25.1 Å². The molecule has 3 rings (SSSR count). The molecule has 0 spiro atoms. The summed E-state index contributed by atoms with van der Waals surface area (Å²) in [6.45, 7) is 14.0. The maximum Gasteiger partial charge on any atom is 0.233 e. The predicted molar refractivity (Wildman–Crippen MR) is 92.1 cm³/mol. The van der Waals surface area contributed by atoms with Crippen molar-refractivity contribution in [2.24, 2.45) is 0 Å². The van der Waals surface area contributed by atoms with Crippen LogP contribution in [0.4, 0.5) is 5.82 Å². The molecule has 1 saturated heterocycles. The molecular weight excluding hydrogens is 304 g/mol. The van der Waals surface area contributed by atoms with Gasteiger partial charge in [-0.1, -0.05) is 13.8 Å². The second kappa shape index (κ2) is 6.84. The summed E-state index contributed by atoms with van der Waals surface area (Å²) in [6, 6.07) is 2.22. The van der Waals surface area contributed by atoms with E-state index in [1.807, 2.05) is 13.8 Å². The molecule has 0 bridgehead atoms. The first-order valence-corrected chi connectivity index (χ1v) is 8.58. The van der Waals surface area contributed by atoms with Crippen molar-refractivity contribution in [3.8, 4) is 0 Å². The van der Waals surface area contributed by atoms with Gasteiger partial charge in [0.05, 0.1) is 6.04 Å². The fourth-order valence-corrected chi connectivity index (χ4v) is 2.97. The van der Waals surface area contributed by atoms with Gasteiger partial charge in [-0.05, 0) is 13.8 Å². The molecule has 7 nitrogen and oxygen atoms in total. The smallest absolute Gasteiger partial charge is 0.233 e. The van der Waals surface area contributed by atoms with Crippen molar-refractivity contribution < 1.29 is 4.42 Å². The van der Waals surface area contributed by atoms with Crippen molar-refractivity contribution in [1.29, 1.82) is 0 Å². The highest BCUT2D eigenvalue weighted by atomic mass is 16.4. The van der Waals surface area contributed by atoms with E-state index in [1.165, 1.54) is 0 Å². The first-order chi connectivity index (χ1) is 11.4. The second-order valence-corrected chi connectivity index (χ2v) is 6.74. The van der Waals surface area contributed by atoms with Gasteiger partial charge in [0.15, 0.2) is 0 Å². The van der Waals surface area contributed by atoms with E-state index < -0.39 is 0 Å². The van der Waals surface area contributed by atoms with E-state index in [2.05, 4.69) is 51.8 Å². The standard InChI is InChI=1S/C17H26N6O/c1-11(2)16-18-12(3)10-15(19-16)23-8-6-22(7-9-23)13(4)17-21-20-14(5)24-17/h10-11,13H,6-9H2,1-5H3. The molecule has 0 aliphatic carbocycles. The molecule has 7 heteroatoms. The van der Waals surface area contributed by atoms with Crippen molar-refractivity contribution >= 4 is 5.82 Å². The van der Waals surface area contributed by atoms with Crippen LogP contribution >= 0.6 is 0 Å². The summed E-state index contributed by atoms with van der Waals surface area (Å²) in [5, 5.41) is 8.08. The summed E-state index contributed by atoms with van der Waals surface area (Å²) < 4.78 is 5.57. The van der Waals surface area contributed by atoms with Crippen LogP contribution in [0.3, 0.4) is 0 Å². The third-order valence-electron chi connectivity index (χ3n) is 4.46. The Bertz CT molecular complexity index is 690. The molecule has 0 saturated carbocycles. The first-order valence-electron chi connectivity index (χ1n) is 8.58. The monoisotopic (exact) mass is 330 g/mol. The molecule has 2 aromatic heterocycles. The van der Waals surface area contributed by atoms with Crippen LogP contribution in [-0.2, 0) is 0 Å². The Balaban J connectivity index is 1.67. The molecule has 24 heavy (non-hydrogen) atoms. The second-order valence-electron chi connectivity index (χ2n) is 6.74. The van der Waals surface area contributed by atoms with Gasteiger partial charge in [0.1, 0.15) is 11.6 Å². The van der Waals surface area contributed by atoms with Crippen LogP contribution in [0.5, 0.6) is 0 Å². The highest BCUT2D eigenvalue weighted by Gasteiger charge is 2.26. The Morgan fingerprint density at radius 3 is 2.29 bits per heavy atom. The molecule has 3 heterocycles. The van der Waals surface area contributed by atoms with Crippen LogP contribution in [-0.4, -0.2) is 51.2 Å². The largest absolute Gasteiger partial charge is 0.424 e. The minimum absolute atomic E-state index is 0.145. The predicted octanol–water partition coefficient (Wildman–Crippen LogP) is 2.48. The van der Waals surface area contributed by atoms with E-state index in [-0.39, 0.29) is 6.04 Å². The van der Waals surface area contributed by atoms with Crippen LogP contribution < -0.4 is 4.90 Å². The average Bonchev–Trinajstić information content (AvgIpc) is 3.00. The average molecular weight is 330 g/mol. The van der Waals surface area contributed by atoms with Gasteiger partial charge in [0.2, 0.25) is 11.8 Å². The fraction of sp³-hybridized carbons (Fsp3) is 0.647. The van der Waals surface area contributed by atoms with E-state index in [0.29, 0.717) is 17.7 Å². The fourth-order valence-electron chi connectivity index (χ4n) is 2.97. The maximum atomic E-state index is 5.57. The minimum Gasteiger partial charge on any atom is -0.424 e. The van der Waals surface area contributed by atoms with Gasteiger partial charge in [-0.3, -0.25) is 4.90 Å². The Morgan fingerprint density at radius 2 is 1.71 bits per heavy atom. The Labute approximate surface area is 143 Å². The van der Waals surface area contributed by atoms with Gasteiger partial charge >= 0.3 is 0 Å². The minimum atomic E-state index is 0.145. The van der Waals surface area contributed by atoms with E-state index in [4.69, 9.17) is 9.40 Å². The highest BCUT2D eigenvalue weighted by Crippen LogP contribution is 2.23. The summed E-state index contributed by atoms with van der Waals surface area (Å²) in [4.78, 5) is 14.0. The normalized spacial score (nSPS) is 17.5. The van der Waals surface area contributed by atoms with Crippen molar-refractivity contribution in [2.75, 3.05) is 31.1 Å². The van der Waals surface area contributed by atoms with Gasteiger partial charge in [0.25, 0.3) is 0 Å². The van der Waals surface area contributed by atoms with Crippen LogP contribution in [0.15, 0.2) is 10.5 Å². The number of piperazine rings is 1. The molecule has 1 atom stereocenters. The summed E-state index contributed by atoms with van der Waals surface area (Å²) in [5.41, 5.74) is 1.03. The van der Waals surface area contributed by atoms with Gasteiger partial charge in [-0.25, -0.2) is 9.97 Å². The van der Waals surface area contributed by atoms with Crippen LogP contribution in [0, 0.1) is 13.8 Å². The number of nitrogens with zero attached hydrogens (tertiary/aromatic N) is 6. The third kappa shape index (κ3) is 3.56. The zero-order chi connectivity index (χ0) is 17.3. The molecule has 0 N–H and O–H groups in total. The number of aryl methyl sites for hydroxylation is 2. The number of rotatable bonds is 4. The topological polar surface area (TPSA) is 71.2 Å². The molecule has 130 valence electrons. The molecule has 0 amide bonds. The van der Waals surface area contributed by atoms with E-state index in [9.17, 15) is 0 Å². The van der Waals surface area contributed by atoms with Crippen molar-refractivity contribution in [2.45, 2.75) is 46.6 Å². The van der Waals surface area contributed by atoms with E-state index in [0.717, 1.165) is 43.5 Å². The molecule has 1 aliphatic rings. The first kappa shape index (κ1) is 16.8. The lowest BCUT2D eigenvalue weighted by Gasteiger charge is -2.37. The zero-order valence-electron chi connectivity index (χ0n) is 15.2. The third-order valence-corrected chi connectivity index (χ3v) is 4.46. The zero-order valence-corrected chi connectivity index (χ0v) is 15.2. The van der Waals surface area contributed by atoms with E-state index in [1.54, 1.807) is 0 Å². The molecule has 0 radical (unpaired) electrons. The molecule has 1 fully saturated rings. The van der Waals surface area contributed by atoms with Crippen LogP contribution in [0.2, 0.25) is 0 Å². The Morgan fingerprint density at radius 1 is 1.00 bits per heavy atom. The van der Waals surface area contributed by atoms with Crippen LogP contribution in [0.1, 0.15) is 56.0 Å². The quantitative estimate of drug-likeness (QED) is 0.853. The molecule has 1 aliphatic heterocycles. The van der Waals surface area contributed by atoms with Gasteiger partial charge in [-0.2, -0.15) is 0 Å². The Kier molecular flexibility index (Phi) is 4.80.